The summed E-state index contributed by atoms with van der Waals surface area (Å²) in [7, 11) is 0.663. The molecule has 0 spiro atoms. The molecular formula is C11H21BrN2O2Si. The highest BCUT2D eigenvalue weighted by molar-refractivity contribution is 9.10. The maximum atomic E-state index is 5.68. The van der Waals surface area contributed by atoms with E-state index in [4.69, 9.17) is 9.47 Å². The predicted molar refractivity (Wildman–Crippen MR) is 74.7 cm³/mol. The van der Waals surface area contributed by atoms with Crippen LogP contribution in [0.5, 0.6) is 0 Å². The van der Waals surface area contributed by atoms with Crippen LogP contribution in [0.3, 0.4) is 0 Å². The first kappa shape index (κ1) is 14.9. The van der Waals surface area contributed by atoms with E-state index in [0.717, 1.165) is 17.0 Å². The van der Waals surface area contributed by atoms with Crippen LogP contribution in [0.15, 0.2) is 10.8 Å². The zero-order chi connectivity index (χ0) is 12.9. The van der Waals surface area contributed by atoms with Gasteiger partial charge in [-0.1, -0.05) is 19.6 Å². The fourth-order valence-electron chi connectivity index (χ4n) is 1.32. The number of halogens is 1. The lowest BCUT2D eigenvalue weighted by molar-refractivity contribution is 0.0787. The van der Waals surface area contributed by atoms with Crippen molar-refractivity contribution in [1.29, 1.82) is 0 Å². The molecule has 0 radical (unpaired) electrons. The average molecular weight is 321 g/mol. The number of imidazole rings is 1. The summed E-state index contributed by atoms with van der Waals surface area (Å²) in [5.41, 5.74) is 0. The molecule has 0 aliphatic heterocycles. The van der Waals surface area contributed by atoms with Crippen LogP contribution in [-0.4, -0.2) is 31.3 Å². The molecule has 1 rings (SSSR count). The molecule has 0 bridgehead atoms. The second-order valence-corrected chi connectivity index (χ2v) is 11.7. The zero-order valence-electron chi connectivity index (χ0n) is 11.0. The van der Waals surface area contributed by atoms with Gasteiger partial charge in [0.25, 0.3) is 0 Å². The number of aromatic nitrogens is 2. The van der Waals surface area contributed by atoms with Gasteiger partial charge in [-0.15, -0.1) is 0 Å². The summed E-state index contributed by atoms with van der Waals surface area (Å²) in [5, 5.41) is 0. The summed E-state index contributed by atoms with van der Waals surface area (Å²) in [5.74, 6) is 0.882. The normalized spacial score (nSPS) is 12.1. The number of hydrogen-bond acceptors (Lipinski definition) is 3. The molecule has 1 aromatic heterocycles. The Morgan fingerprint density at radius 3 is 2.71 bits per heavy atom. The molecule has 0 saturated carbocycles. The van der Waals surface area contributed by atoms with Crippen molar-refractivity contribution >= 4 is 24.0 Å². The summed E-state index contributed by atoms with van der Waals surface area (Å²) in [6.45, 7) is 8.91. The Morgan fingerprint density at radius 2 is 2.12 bits per heavy atom. The fraction of sp³-hybridized carbons (Fsp3) is 0.727. The first-order valence-corrected chi connectivity index (χ1v) is 10.2. The lowest BCUT2D eigenvalue weighted by Crippen LogP contribution is -2.22. The number of rotatable bonds is 7. The third-order valence-electron chi connectivity index (χ3n) is 2.33. The highest BCUT2D eigenvalue weighted by atomic mass is 79.9. The van der Waals surface area contributed by atoms with Gasteiger partial charge in [-0.05, 0) is 22.0 Å². The quantitative estimate of drug-likeness (QED) is 0.572. The highest BCUT2D eigenvalue weighted by Crippen LogP contribution is 2.12. The van der Waals surface area contributed by atoms with E-state index in [1.807, 2.05) is 10.8 Å². The molecule has 17 heavy (non-hydrogen) atoms. The number of ether oxygens (including phenoxy) is 2. The van der Waals surface area contributed by atoms with Crippen LogP contribution in [0.4, 0.5) is 0 Å². The number of methoxy groups -OCH3 is 1. The standard InChI is InChI=1S/C11H21BrN2O2Si/c1-15-8-11-13-10(12)7-14(11)9-16-5-6-17(2,3)4/h7H,5-6,8-9H2,1-4H3. The molecule has 0 saturated heterocycles. The molecule has 0 atom stereocenters. The lowest BCUT2D eigenvalue weighted by Gasteiger charge is -2.15. The summed E-state index contributed by atoms with van der Waals surface area (Å²) >= 11 is 3.36. The fourth-order valence-corrected chi connectivity index (χ4v) is 2.53. The van der Waals surface area contributed by atoms with Gasteiger partial charge in [0.15, 0.2) is 0 Å². The molecule has 0 aromatic carbocycles. The number of hydrogen-bond donors (Lipinski definition) is 0. The molecule has 6 heteroatoms. The summed E-state index contributed by atoms with van der Waals surface area (Å²) in [4.78, 5) is 4.31. The molecule has 1 aromatic rings. The van der Waals surface area contributed by atoms with Gasteiger partial charge in [0.05, 0.1) is 0 Å². The third kappa shape index (κ3) is 5.81. The zero-order valence-corrected chi connectivity index (χ0v) is 13.6. The van der Waals surface area contributed by atoms with E-state index in [9.17, 15) is 0 Å². The van der Waals surface area contributed by atoms with Crippen molar-refractivity contribution in [3.8, 4) is 0 Å². The summed E-state index contributed by atoms with van der Waals surface area (Å²) in [6, 6.07) is 1.18. The minimum atomic E-state index is -1.00. The SMILES string of the molecule is COCc1nc(Br)cn1COCC[Si](C)(C)C. The third-order valence-corrected chi connectivity index (χ3v) is 4.42. The van der Waals surface area contributed by atoms with Crippen molar-refractivity contribution in [2.45, 2.75) is 39.0 Å². The van der Waals surface area contributed by atoms with E-state index in [1.165, 1.54) is 6.04 Å². The molecular weight excluding hydrogens is 300 g/mol. The Hall–Kier alpha value is -0.173. The number of nitrogens with zero attached hydrogens (tertiary/aromatic N) is 2. The van der Waals surface area contributed by atoms with Crippen LogP contribution in [0, 0.1) is 0 Å². The van der Waals surface area contributed by atoms with Gasteiger partial charge in [0, 0.05) is 28.0 Å². The minimum absolute atomic E-state index is 0.503. The topological polar surface area (TPSA) is 36.3 Å². The first-order chi connectivity index (χ1) is 7.92. The second kappa shape index (κ2) is 6.68. The van der Waals surface area contributed by atoms with Crippen molar-refractivity contribution in [3.05, 3.63) is 16.6 Å². The van der Waals surface area contributed by atoms with Crippen LogP contribution in [0.25, 0.3) is 0 Å². The van der Waals surface area contributed by atoms with Gasteiger partial charge in [-0.2, -0.15) is 0 Å². The molecule has 0 aliphatic carbocycles. The largest absolute Gasteiger partial charge is 0.377 e. The average Bonchev–Trinajstić information content (AvgIpc) is 2.53. The first-order valence-electron chi connectivity index (χ1n) is 5.70. The van der Waals surface area contributed by atoms with Crippen LogP contribution in [-0.2, 0) is 22.8 Å². The monoisotopic (exact) mass is 320 g/mol. The maximum Gasteiger partial charge on any atom is 0.138 e. The van der Waals surface area contributed by atoms with Crippen LogP contribution in [0.1, 0.15) is 5.82 Å². The van der Waals surface area contributed by atoms with Crippen LogP contribution < -0.4 is 0 Å². The van der Waals surface area contributed by atoms with Crippen molar-refractivity contribution in [2.24, 2.45) is 0 Å². The minimum Gasteiger partial charge on any atom is -0.377 e. The van der Waals surface area contributed by atoms with Crippen molar-refractivity contribution in [2.75, 3.05) is 13.7 Å². The molecule has 1 heterocycles. The highest BCUT2D eigenvalue weighted by Gasteiger charge is 2.12. The second-order valence-electron chi connectivity index (χ2n) is 5.23. The van der Waals surface area contributed by atoms with Gasteiger partial charge in [-0.25, -0.2) is 4.98 Å². The molecule has 0 unspecified atom stereocenters. The smallest absolute Gasteiger partial charge is 0.138 e. The van der Waals surface area contributed by atoms with Gasteiger partial charge >= 0.3 is 0 Å². The van der Waals surface area contributed by atoms with Crippen LogP contribution >= 0.6 is 15.9 Å². The predicted octanol–water partition coefficient (Wildman–Crippen LogP) is 3.10. The van der Waals surface area contributed by atoms with E-state index in [0.29, 0.717) is 13.3 Å². The molecule has 0 aliphatic rings. The van der Waals surface area contributed by atoms with E-state index in [1.54, 1.807) is 7.11 Å². The molecule has 0 amide bonds. The van der Waals surface area contributed by atoms with E-state index < -0.39 is 8.07 Å². The molecule has 0 fully saturated rings. The van der Waals surface area contributed by atoms with Gasteiger partial charge < -0.3 is 14.0 Å². The maximum absolute atomic E-state index is 5.68. The van der Waals surface area contributed by atoms with E-state index in [-0.39, 0.29) is 0 Å². The summed E-state index contributed by atoms with van der Waals surface area (Å²) < 4.78 is 13.6. The van der Waals surface area contributed by atoms with Crippen molar-refractivity contribution in [3.63, 3.8) is 0 Å². The Labute approximate surface area is 112 Å². The van der Waals surface area contributed by atoms with Gasteiger partial charge in [-0.3, -0.25) is 0 Å². The van der Waals surface area contributed by atoms with Crippen molar-refractivity contribution < 1.29 is 9.47 Å². The van der Waals surface area contributed by atoms with Crippen molar-refractivity contribution in [1.82, 2.24) is 9.55 Å². The van der Waals surface area contributed by atoms with Crippen LogP contribution in [0.2, 0.25) is 25.7 Å². The Morgan fingerprint density at radius 1 is 1.41 bits per heavy atom. The van der Waals surface area contributed by atoms with E-state index >= 15 is 0 Å². The molecule has 0 N–H and O–H groups in total. The van der Waals surface area contributed by atoms with Gasteiger partial charge in [0.2, 0.25) is 0 Å². The molecule has 4 nitrogen and oxygen atoms in total. The Bertz CT molecular complexity index is 350. The summed E-state index contributed by atoms with van der Waals surface area (Å²) in [6.07, 6.45) is 1.92. The Balaban J connectivity index is 2.40. The molecule has 98 valence electrons. The van der Waals surface area contributed by atoms with Gasteiger partial charge in [0.1, 0.15) is 23.8 Å². The Kier molecular flexibility index (Phi) is 5.85. The van der Waals surface area contributed by atoms with E-state index in [2.05, 4.69) is 40.6 Å². The lowest BCUT2D eigenvalue weighted by atomic mass is 10.6.